The Bertz CT molecular complexity index is 500. The van der Waals surface area contributed by atoms with Crippen LogP contribution in [0.25, 0.3) is 0 Å². The van der Waals surface area contributed by atoms with Crippen LogP contribution in [-0.4, -0.2) is 27.5 Å². The molecule has 1 aliphatic rings. The van der Waals surface area contributed by atoms with Gasteiger partial charge in [0.2, 0.25) is 0 Å². The lowest BCUT2D eigenvalue weighted by atomic mass is 10.2. The monoisotopic (exact) mass is 265 g/mol. The first-order valence-corrected chi connectivity index (χ1v) is 6.19. The van der Waals surface area contributed by atoms with Gasteiger partial charge in [0.15, 0.2) is 0 Å². The van der Waals surface area contributed by atoms with Gasteiger partial charge in [0.25, 0.3) is 5.69 Å². The third kappa shape index (κ3) is 3.64. The molecule has 0 unspecified atom stereocenters. The van der Waals surface area contributed by atoms with Crippen molar-refractivity contribution in [3.8, 4) is 0 Å². The van der Waals surface area contributed by atoms with Crippen molar-refractivity contribution in [2.75, 3.05) is 11.9 Å². The summed E-state index contributed by atoms with van der Waals surface area (Å²) < 4.78 is 0. The highest BCUT2D eigenvalue weighted by Crippen LogP contribution is 2.33. The number of aromatic nitrogens is 1. The summed E-state index contributed by atoms with van der Waals surface area (Å²) in [5.41, 5.74) is -0.485. The number of carboxylic acids is 1. The molecule has 0 radical (unpaired) electrons. The molecule has 102 valence electrons. The Morgan fingerprint density at radius 3 is 2.89 bits per heavy atom. The minimum atomic E-state index is -1.22. The Hall–Kier alpha value is -2.18. The number of nitrogens with one attached hydrogen (secondary N) is 1. The molecule has 1 aromatic rings. The SMILES string of the molecule is O=C(O)c1cc([N+](=O)[O-])cnc1NCCCC1CC1. The summed E-state index contributed by atoms with van der Waals surface area (Å²) in [5, 5.41) is 22.5. The van der Waals surface area contributed by atoms with Crippen LogP contribution in [0.3, 0.4) is 0 Å². The van der Waals surface area contributed by atoms with Gasteiger partial charge in [0, 0.05) is 12.6 Å². The molecule has 0 amide bonds. The van der Waals surface area contributed by atoms with Gasteiger partial charge >= 0.3 is 5.97 Å². The van der Waals surface area contributed by atoms with Gasteiger partial charge in [-0.3, -0.25) is 10.1 Å². The quantitative estimate of drug-likeness (QED) is 0.445. The van der Waals surface area contributed by atoms with Gasteiger partial charge in [-0.1, -0.05) is 12.8 Å². The Labute approximate surface area is 109 Å². The predicted molar refractivity (Wildman–Crippen MR) is 68.3 cm³/mol. The van der Waals surface area contributed by atoms with E-state index >= 15 is 0 Å². The Morgan fingerprint density at radius 1 is 1.58 bits per heavy atom. The van der Waals surface area contributed by atoms with Crippen molar-refractivity contribution in [1.29, 1.82) is 0 Å². The minimum absolute atomic E-state index is 0.166. The number of carbonyl (C=O) groups is 1. The molecule has 1 saturated carbocycles. The van der Waals surface area contributed by atoms with Crippen LogP contribution in [0.2, 0.25) is 0 Å². The first kappa shape index (κ1) is 13.3. The summed E-state index contributed by atoms with van der Waals surface area (Å²) in [6, 6.07) is 1.03. The number of carboxylic acid groups (broad SMARTS) is 1. The van der Waals surface area contributed by atoms with Gasteiger partial charge < -0.3 is 10.4 Å². The first-order valence-electron chi connectivity index (χ1n) is 6.19. The standard InChI is InChI=1S/C12H15N3O4/c16-12(17)10-6-9(15(18)19)7-14-11(10)13-5-1-2-8-3-4-8/h6-8H,1-5H2,(H,13,14)(H,16,17). The molecule has 0 aromatic carbocycles. The van der Waals surface area contributed by atoms with E-state index in [9.17, 15) is 14.9 Å². The molecule has 0 bridgehead atoms. The number of hydrogen-bond donors (Lipinski definition) is 2. The van der Waals surface area contributed by atoms with E-state index in [1.54, 1.807) is 0 Å². The van der Waals surface area contributed by atoms with E-state index < -0.39 is 10.9 Å². The normalized spacial score (nSPS) is 14.1. The number of nitrogens with zero attached hydrogens (tertiary/aromatic N) is 2. The average molecular weight is 265 g/mol. The van der Waals surface area contributed by atoms with Gasteiger partial charge in [-0.2, -0.15) is 0 Å². The predicted octanol–water partition coefficient (Wildman–Crippen LogP) is 2.29. The molecular weight excluding hydrogens is 250 g/mol. The van der Waals surface area contributed by atoms with Gasteiger partial charge in [-0.25, -0.2) is 9.78 Å². The van der Waals surface area contributed by atoms with Crippen molar-refractivity contribution in [3.05, 3.63) is 27.9 Å². The van der Waals surface area contributed by atoms with Crippen molar-refractivity contribution >= 4 is 17.5 Å². The third-order valence-corrected chi connectivity index (χ3v) is 3.09. The average Bonchev–Trinajstić information content (AvgIpc) is 3.18. The fraction of sp³-hybridized carbons (Fsp3) is 0.500. The second-order valence-corrected chi connectivity index (χ2v) is 4.66. The van der Waals surface area contributed by atoms with Crippen LogP contribution < -0.4 is 5.32 Å². The summed E-state index contributed by atoms with van der Waals surface area (Å²) in [5.74, 6) is -0.208. The largest absolute Gasteiger partial charge is 0.478 e. The highest BCUT2D eigenvalue weighted by Gasteiger charge is 2.20. The number of nitro groups is 1. The molecule has 1 aromatic heterocycles. The van der Waals surface area contributed by atoms with Gasteiger partial charge in [-0.15, -0.1) is 0 Å². The summed E-state index contributed by atoms with van der Waals surface area (Å²) in [6.07, 6.45) is 5.72. The summed E-state index contributed by atoms with van der Waals surface area (Å²) >= 11 is 0. The lowest BCUT2D eigenvalue weighted by molar-refractivity contribution is -0.385. The zero-order chi connectivity index (χ0) is 13.8. The molecule has 2 N–H and O–H groups in total. The Morgan fingerprint density at radius 2 is 2.32 bits per heavy atom. The van der Waals surface area contributed by atoms with Gasteiger partial charge in [0.1, 0.15) is 17.6 Å². The van der Waals surface area contributed by atoms with Crippen molar-refractivity contribution in [2.24, 2.45) is 5.92 Å². The minimum Gasteiger partial charge on any atom is -0.478 e. The van der Waals surface area contributed by atoms with Gasteiger partial charge in [0.05, 0.1) is 4.92 Å². The lowest BCUT2D eigenvalue weighted by Crippen LogP contribution is -2.10. The first-order chi connectivity index (χ1) is 9.08. The fourth-order valence-corrected chi connectivity index (χ4v) is 1.86. The van der Waals surface area contributed by atoms with Crippen molar-refractivity contribution in [1.82, 2.24) is 4.98 Å². The molecule has 0 atom stereocenters. The molecule has 19 heavy (non-hydrogen) atoms. The molecular formula is C12H15N3O4. The highest BCUT2D eigenvalue weighted by molar-refractivity contribution is 5.93. The van der Waals surface area contributed by atoms with Crippen molar-refractivity contribution in [2.45, 2.75) is 25.7 Å². The Kier molecular flexibility index (Phi) is 3.94. The second-order valence-electron chi connectivity index (χ2n) is 4.66. The van der Waals surface area contributed by atoms with Crippen molar-refractivity contribution < 1.29 is 14.8 Å². The van der Waals surface area contributed by atoms with Crippen LogP contribution in [0, 0.1) is 16.0 Å². The molecule has 0 aliphatic heterocycles. The van der Waals surface area contributed by atoms with Crippen LogP contribution in [0.4, 0.5) is 11.5 Å². The molecule has 0 spiro atoms. The number of anilines is 1. The maximum absolute atomic E-state index is 11.0. The van der Waals surface area contributed by atoms with E-state index in [0.29, 0.717) is 6.54 Å². The van der Waals surface area contributed by atoms with Crippen molar-refractivity contribution in [3.63, 3.8) is 0 Å². The topological polar surface area (TPSA) is 105 Å². The molecule has 7 heteroatoms. The number of rotatable bonds is 7. The van der Waals surface area contributed by atoms with Gasteiger partial charge in [-0.05, 0) is 18.8 Å². The van der Waals surface area contributed by atoms with E-state index in [2.05, 4.69) is 10.3 Å². The molecule has 1 aliphatic carbocycles. The molecule has 7 nitrogen and oxygen atoms in total. The van der Waals surface area contributed by atoms with E-state index in [4.69, 9.17) is 5.11 Å². The number of aromatic carboxylic acids is 1. The second kappa shape index (κ2) is 5.64. The van der Waals surface area contributed by atoms with Crippen LogP contribution in [0.15, 0.2) is 12.3 Å². The lowest BCUT2D eigenvalue weighted by Gasteiger charge is -2.07. The maximum atomic E-state index is 11.0. The summed E-state index contributed by atoms with van der Waals surface area (Å²) in [7, 11) is 0. The number of hydrogen-bond acceptors (Lipinski definition) is 5. The molecule has 2 rings (SSSR count). The summed E-state index contributed by atoms with van der Waals surface area (Å²) in [4.78, 5) is 24.8. The van der Waals surface area contributed by atoms with E-state index in [-0.39, 0.29) is 17.1 Å². The van der Waals surface area contributed by atoms with Crippen LogP contribution in [0.1, 0.15) is 36.0 Å². The van der Waals surface area contributed by atoms with E-state index in [1.165, 1.54) is 12.8 Å². The Balaban J connectivity index is 2.00. The highest BCUT2D eigenvalue weighted by atomic mass is 16.6. The zero-order valence-electron chi connectivity index (χ0n) is 10.3. The summed E-state index contributed by atoms with van der Waals surface area (Å²) in [6.45, 7) is 0.627. The van der Waals surface area contributed by atoms with Crippen LogP contribution in [0.5, 0.6) is 0 Å². The smallest absolute Gasteiger partial charge is 0.339 e. The van der Waals surface area contributed by atoms with Crippen LogP contribution in [-0.2, 0) is 0 Å². The maximum Gasteiger partial charge on any atom is 0.339 e. The fourth-order valence-electron chi connectivity index (χ4n) is 1.86. The van der Waals surface area contributed by atoms with Crippen LogP contribution >= 0.6 is 0 Å². The number of pyridine rings is 1. The van der Waals surface area contributed by atoms with E-state index in [0.717, 1.165) is 31.0 Å². The molecule has 1 fully saturated rings. The zero-order valence-corrected chi connectivity index (χ0v) is 10.3. The molecule has 1 heterocycles. The third-order valence-electron chi connectivity index (χ3n) is 3.09. The molecule has 0 saturated heterocycles. The van der Waals surface area contributed by atoms with E-state index in [1.807, 2.05) is 0 Å².